The maximum Gasteiger partial charge on any atom is 0.326 e. The molecule has 0 spiro atoms. The highest BCUT2D eigenvalue weighted by molar-refractivity contribution is 6.30. The molecule has 2 saturated heterocycles. The lowest BCUT2D eigenvalue weighted by Gasteiger charge is -2.34. The van der Waals surface area contributed by atoms with Gasteiger partial charge in [0.15, 0.2) is 18.0 Å². The number of aliphatic imine (C=N–C) groups is 1. The van der Waals surface area contributed by atoms with E-state index in [4.69, 9.17) is 20.9 Å². The molecule has 5 rings (SSSR count). The van der Waals surface area contributed by atoms with Gasteiger partial charge in [-0.2, -0.15) is 4.98 Å². The number of nitrogens with one attached hydrogen (secondary N) is 1. The number of urea groups is 1. The van der Waals surface area contributed by atoms with E-state index in [1.165, 1.54) is 0 Å². The van der Waals surface area contributed by atoms with Crippen molar-refractivity contribution in [3.05, 3.63) is 46.6 Å². The van der Waals surface area contributed by atoms with Crippen LogP contribution in [-0.2, 0) is 16.1 Å². The third-order valence-electron chi connectivity index (χ3n) is 5.56. The number of ether oxygens (including phenoxy) is 1. The number of aromatic nitrogens is 2. The van der Waals surface area contributed by atoms with Crippen LogP contribution in [-0.4, -0.2) is 64.1 Å². The van der Waals surface area contributed by atoms with Crippen molar-refractivity contribution in [2.24, 2.45) is 4.99 Å². The highest BCUT2D eigenvalue weighted by Crippen LogP contribution is 2.37. The fourth-order valence-electron chi connectivity index (χ4n) is 3.94. The maximum atomic E-state index is 12.7. The zero-order chi connectivity index (χ0) is 20.8. The van der Waals surface area contributed by atoms with Gasteiger partial charge in [-0.15, -0.1) is 0 Å². The summed E-state index contributed by atoms with van der Waals surface area (Å²) in [7, 11) is 1.74. The SMILES string of the molecule is CN1C=NC2NC(=O)N(Cc3nc([C@@H]4CO[C@@H](c5ccc(Cl)cc5)C4)no3)C(=O)C21. The van der Waals surface area contributed by atoms with Crippen LogP contribution in [0.4, 0.5) is 4.79 Å². The Morgan fingerprint density at radius 2 is 2.07 bits per heavy atom. The van der Waals surface area contributed by atoms with Crippen molar-refractivity contribution in [3.8, 4) is 0 Å². The largest absolute Gasteiger partial charge is 0.373 e. The number of rotatable bonds is 4. The van der Waals surface area contributed by atoms with Gasteiger partial charge in [0.1, 0.15) is 6.54 Å². The molecule has 0 saturated carbocycles. The van der Waals surface area contributed by atoms with Crippen molar-refractivity contribution in [1.29, 1.82) is 0 Å². The van der Waals surface area contributed by atoms with Crippen LogP contribution in [0.3, 0.4) is 0 Å². The molecule has 0 bridgehead atoms. The minimum Gasteiger partial charge on any atom is -0.373 e. The Hall–Kier alpha value is -2.98. The molecule has 1 N–H and O–H groups in total. The molecule has 2 fully saturated rings. The molecule has 0 aliphatic carbocycles. The molecule has 2 aromatic rings. The molecule has 2 unspecified atom stereocenters. The summed E-state index contributed by atoms with van der Waals surface area (Å²) in [5.74, 6) is 0.317. The van der Waals surface area contributed by atoms with Gasteiger partial charge in [0.05, 0.1) is 19.0 Å². The second-order valence-electron chi connectivity index (χ2n) is 7.55. The molecule has 11 heteroatoms. The van der Waals surface area contributed by atoms with Crippen LogP contribution in [0.25, 0.3) is 0 Å². The monoisotopic (exact) mass is 430 g/mol. The first-order valence-electron chi connectivity index (χ1n) is 9.56. The highest BCUT2D eigenvalue weighted by Gasteiger charge is 2.45. The predicted molar refractivity (Wildman–Crippen MR) is 105 cm³/mol. The fraction of sp³-hybridized carbons (Fsp3) is 0.421. The van der Waals surface area contributed by atoms with Crippen molar-refractivity contribution < 1.29 is 18.8 Å². The third kappa shape index (κ3) is 3.31. The van der Waals surface area contributed by atoms with E-state index in [9.17, 15) is 9.59 Å². The summed E-state index contributed by atoms with van der Waals surface area (Å²) in [4.78, 5) is 36.3. The fourth-order valence-corrected chi connectivity index (χ4v) is 4.07. The van der Waals surface area contributed by atoms with E-state index in [-0.39, 0.29) is 30.4 Å². The zero-order valence-electron chi connectivity index (χ0n) is 16.1. The molecule has 4 heterocycles. The number of amides is 3. The number of imide groups is 1. The second-order valence-corrected chi connectivity index (χ2v) is 7.98. The molecule has 10 nitrogen and oxygen atoms in total. The lowest BCUT2D eigenvalue weighted by Crippen LogP contribution is -2.63. The normalized spacial score (nSPS) is 28.2. The number of hydrogen-bond donors (Lipinski definition) is 1. The molecule has 30 heavy (non-hydrogen) atoms. The molecule has 1 aromatic heterocycles. The van der Waals surface area contributed by atoms with Crippen molar-refractivity contribution in [1.82, 2.24) is 25.3 Å². The molecule has 4 atom stereocenters. The van der Waals surface area contributed by atoms with Gasteiger partial charge in [0.25, 0.3) is 5.91 Å². The molecule has 3 aliphatic heterocycles. The maximum absolute atomic E-state index is 12.7. The number of carbonyl (C=O) groups is 2. The summed E-state index contributed by atoms with van der Waals surface area (Å²) in [6, 6.07) is 6.45. The van der Waals surface area contributed by atoms with Gasteiger partial charge < -0.3 is 19.5 Å². The molecule has 156 valence electrons. The lowest BCUT2D eigenvalue weighted by atomic mass is 10.0. The lowest BCUT2D eigenvalue weighted by molar-refractivity contribution is -0.135. The first-order valence-corrected chi connectivity index (χ1v) is 9.94. The second kappa shape index (κ2) is 7.37. The minimum atomic E-state index is -0.565. The Labute approximate surface area is 176 Å². The Morgan fingerprint density at radius 3 is 2.87 bits per heavy atom. The van der Waals surface area contributed by atoms with Crippen LogP contribution >= 0.6 is 11.6 Å². The van der Waals surface area contributed by atoms with Gasteiger partial charge in [0.2, 0.25) is 5.89 Å². The van der Waals surface area contributed by atoms with E-state index in [0.29, 0.717) is 23.9 Å². The number of nitrogens with zero attached hydrogens (tertiary/aromatic N) is 5. The van der Waals surface area contributed by atoms with Crippen LogP contribution < -0.4 is 5.32 Å². The molecule has 0 radical (unpaired) electrons. The number of fused-ring (bicyclic) bond motifs is 1. The summed E-state index contributed by atoms with van der Waals surface area (Å²) in [5, 5.41) is 7.43. The molecule has 3 aliphatic rings. The van der Waals surface area contributed by atoms with Gasteiger partial charge in [-0.25, -0.2) is 9.79 Å². The van der Waals surface area contributed by atoms with Gasteiger partial charge >= 0.3 is 6.03 Å². The van der Waals surface area contributed by atoms with Crippen molar-refractivity contribution in [2.75, 3.05) is 13.7 Å². The Balaban J connectivity index is 1.25. The van der Waals surface area contributed by atoms with Crippen LogP contribution in [0, 0.1) is 0 Å². The van der Waals surface area contributed by atoms with Gasteiger partial charge in [-0.1, -0.05) is 28.9 Å². The summed E-state index contributed by atoms with van der Waals surface area (Å²) in [5.41, 5.74) is 1.04. The summed E-state index contributed by atoms with van der Waals surface area (Å²) < 4.78 is 11.2. The van der Waals surface area contributed by atoms with E-state index in [1.54, 1.807) is 18.3 Å². The predicted octanol–water partition coefficient (Wildman–Crippen LogP) is 1.69. The van der Waals surface area contributed by atoms with Crippen molar-refractivity contribution >= 4 is 29.9 Å². The summed E-state index contributed by atoms with van der Waals surface area (Å²) in [6.07, 6.45) is 1.61. The number of benzene rings is 1. The van der Waals surface area contributed by atoms with E-state index < -0.39 is 18.2 Å². The van der Waals surface area contributed by atoms with Crippen LogP contribution in [0.5, 0.6) is 0 Å². The number of hydrogen-bond acceptors (Lipinski definition) is 8. The first-order chi connectivity index (χ1) is 14.5. The summed E-state index contributed by atoms with van der Waals surface area (Å²) in [6.45, 7) is 0.365. The van der Waals surface area contributed by atoms with E-state index >= 15 is 0 Å². The van der Waals surface area contributed by atoms with Gasteiger partial charge in [-0.05, 0) is 24.1 Å². The van der Waals surface area contributed by atoms with Crippen LogP contribution in [0.15, 0.2) is 33.8 Å². The molecular weight excluding hydrogens is 412 g/mol. The first kappa shape index (κ1) is 19.0. The van der Waals surface area contributed by atoms with Crippen LogP contribution in [0.1, 0.15) is 35.7 Å². The van der Waals surface area contributed by atoms with Crippen LogP contribution in [0.2, 0.25) is 5.02 Å². The number of carbonyl (C=O) groups excluding carboxylic acids is 2. The average Bonchev–Trinajstić information content (AvgIpc) is 3.46. The Bertz CT molecular complexity index is 1010. The van der Waals surface area contributed by atoms with E-state index in [1.807, 2.05) is 24.3 Å². The third-order valence-corrected chi connectivity index (χ3v) is 5.82. The van der Waals surface area contributed by atoms with E-state index in [0.717, 1.165) is 10.5 Å². The molecular formula is C19H19ClN6O4. The minimum absolute atomic E-state index is 0.0344. The summed E-state index contributed by atoms with van der Waals surface area (Å²) >= 11 is 5.94. The van der Waals surface area contributed by atoms with Gasteiger partial charge in [0, 0.05) is 18.0 Å². The standard InChI is InChI=1S/C19H19ClN6O4/c1-25-9-21-17-15(25)18(27)26(19(28)23-17)7-14-22-16(24-30-14)11-6-13(29-8-11)10-2-4-12(20)5-3-10/h2-5,9,11,13,15,17H,6-8H2,1H3,(H,23,28)/t11-,13+,15?,17?/m0/s1. The van der Waals surface area contributed by atoms with Gasteiger partial charge in [-0.3, -0.25) is 9.69 Å². The van der Waals surface area contributed by atoms with Crippen molar-refractivity contribution in [3.63, 3.8) is 0 Å². The Morgan fingerprint density at radius 1 is 1.27 bits per heavy atom. The topological polar surface area (TPSA) is 113 Å². The molecule has 1 aromatic carbocycles. The Kier molecular flexibility index (Phi) is 4.67. The highest BCUT2D eigenvalue weighted by atomic mass is 35.5. The van der Waals surface area contributed by atoms with Crippen molar-refractivity contribution in [2.45, 2.75) is 37.2 Å². The smallest absolute Gasteiger partial charge is 0.326 e. The van der Waals surface area contributed by atoms with E-state index in [2.05, 4.69) is 20.4 Å². The zero-order valence-corrected chi connectivity index (χ0v) is 16.8. The quantitative estimate of drug-likeness (QED) is 0.785. The number of likely N-dealkylation sites (N-methyl/N-ethyl adjacent to an activating group) is 1. The number of halogens is 1. The average molecular weight is 431 g/mol. The molecule has 3 amide bonds.